The van der Waals surface area contributed by atoms with Crippen LogP contribution in [0.5, 0.6) is 0 Å². The number of hydrogen-bond acceptors (Lipinski definition) is 5. The molecule has 0 radical (unpaired) electrons. The number of pyridine rings is 1. The Morgan fingerprint density at radius 2 is 2.09 bits per heavy atom. The largest absolute Gasteiger partial charge is 0.469 e. The van der Waals surface area contributed by atoms with Gasteiger partial charge in [-0.25, -0.2) is 13.8 Å². The molecule has 2 aliphatic heterocycles. The molecular formula is C23H24BrClF2N2O3. The molecular weight excluding hydrogens is 506 g/mol. The van der Waals surface area contributed by atoms with Crippen molar-refractivity contribution in [3.8, 4) is 0 Å². The topological polar surface area (TPSA) is 51.7 Å². The van der Waals surface area contributed by atoms with Crippen LogP contribution in [-0.2, 0) is 26.2 Å². The van der Waals surface area contributed by atoms with E-state index in [1.165, 1.54) is 25.3 Å². The second kappa shape index (κ2) is 8.97. The molecule has 2 saturated heterocycles. The summed E-state index contributed by atoms with van der Waals surface area (Å²) in [6, 6.07) is 7.72. The molecule has 0 N–H and O–H groups in total. The second-order valence-corrected chi connectivity index (χ2v) is 9.85. The first-order valence-corrected chi connectivity index (χ1v) is 11.6. The first-order chi connectivity index (χ1) is 15.2. The predicted octanol–water partition coefficient (Wildman–Crippen LogP) is 4.89. The quantitative estimate of drug-likeness (QED) is 0.408. The zero-order valence-electron chi connectivity index (χ0n) is 17.8. The number of hydrogen-bond donors (Lipinski definition) is 0. The lowest BCUT2D eigenvalue weighted by Gasteiger charge is -2.56. The third kappa shape index (κ3) is 3.95. The Bertz CT molecular complexity index is 1040. The molecule has 0 aliphatic carbocycles. The highest BCUT2D eigenvalue weighted by atomic mass is 79.9. The van der Waals surface area contributed by atoms with Crippen LogP contribution >= 0.6 is 27.5 Å². The molecule has 0 spiro atoms. The summed E-state index contributed by atoms with van der Waals surface area (Å²) in [6.07, 6.45) is 0.955. The van der Waals surface area contributed by atoms with Gasteiger partial charge in [-0.1, -0.05) is 23.7 Å². The fourth-order valence-electron chi connectivity index (χ4n) is 5.14. The number of methoxy groups -OCH3 is 1. The monoisotopic (exact) mass is 528 g/mol. The SMILES string of the molecule is COC(=O)C1(Cc2nc(Br)ccc2F)CCN(C2(c3cccc(Cl)c3F)COC2)C(C)C1. The number of nitrogens with zero attached hydrogens (tertiary/aromatic N) is 2. The van der Waals surface area contributed by atoms with Crippen molar-refractivity contribution < 1.29 is 23.0 Å². The van der Waals surface area contributed by atoms with Crippen molar-refractivity contribution in [2.45, 2.75) is 37.8 Å². The van der Waals surface area contributed by atoms with E-state index in [4.69, 9.17) is 21.1 Å². The zero-order valence-corrected chi connectivity index (χ0v) is 20.2. The Labute approximate surface area is 199 Å². The van der Waals surface area contributed by atoms with Crippen LogP contribution in [0.3, 0.4) is 0 Å². The number of aromatic nitrogens is 1. The number of carbonyl (C=O) groups is 1. The number of rotatable bonds is 5. The predicted molar refractivity (Wildman–Crippen MR) is 119 cm³/mol. The lowest BCUT2D eigenvalue weighted by molar-refractivity contribution is -0.184. The van der Waals surface area contributed by atoms with E-state index in [2.05, 4.69) is 25.8 Å². The van der Waals surface area contributed by atoms with E-state index in [0.717, 1.165) is 0 Å². The van der Waals surface area contributed by atoms with E-state index in [1.54, 1.807) is 12.1 Å². The van der Waals surface area contributed by atoms with Crippen molar-refractivity contribution in [3.05, 3.63) is 62.8 Å². The molecule has 1 aromatic carbocycles. The lowest BCUT2D eigenvalue weighted by atomic mass is 9.70. The van der Waals surface area contributed by atoms with Gasteiger partial charge in [0.15, 0.2) is 0 Å². The van der Waals surface area contributed by atoms with Gasteiger partial charge in [0.25, 0.3) is 0 Å². The number of carbonyl (C=O) groups excluding carboxylic acids is 1. The maximum atomic E-state index is 15.0. The van der Waals surface area contributed by atoms with Gasteiger partial charge in [0.1, 0.15) is 16.2 Å². The van der Waals surface area contributed by atoms with Gasteiger partial charge in [-0.05, 0) is 53.9 Å². The van der Waals surface area contributed by atoms with E-state index in [-0.39, 0.29) is 23.2 Å². The van der Waals surface area contributed by atoms with Crippen LogP contribution in [0, 0.1) is 17.0 Å². The fourth-order valence-corrected chi connectivity index (χ4v) is 5.66. The molecule has 2 aliphatic rings. The molecule has 2 fully saturated rings. The smallest absolute Gasteiger partial charge is 0.312 e. The van der Waals surface area contributed by atoms with Crippen LogP contribution < -0.4 is 0 Å². The summed E-state index contributed by atoms with van der Waals surface area (Å²) < 4.78 is 40.6. The first-order valence-electron chi connectivity index (χ1n) is 10.4. The number of piperidine rings is 1. The number of benzene rings is 1. The highest BCUT2D eigenvalue weighted by Crippen LogP contribution is 2.47. The standard InChI is InChI=1S/C23H24BrClF2N2O3/c1-14-10-22(21(30)31-2,11-18-17(26)6-7-19(24)28-18)8-9-29(14)23(12-32-13-23)15-4-3-5-16(25)20(15)27/h3-7,14H,8-13H2,1-2H3. The maximum absolute atomic E-state index is 15.0. The summed E-state index contributed by atoms with van der Waals surface area (Å²) in [7, 11) is 1.34. The van der Waals surface area contributed by atoms with Gasteiger partial charge in [0.05, 0.1) is 42.0 Å². The van der Waals surface area contributed by atoms with E-state index in [9.17, 15) is 13.6 Å². The van der Waals surface area contributed by atoms with Gasteiger partial charge in [0, 0.05) is 24.6 Å². The molecule has 4 rings (SSSR count). The van der Waals surface area contributed by atoms with Crippen molar-refractivity contribution in [1.82, 2.24) is 9.88 Å². The third-order valence-corrected chi connectivity index (χ3v) is 7.48. The molecule has 9 heteroatoms. The lowest BCUT2D eigenvalue weighted by Crippen LogP contribution is -2.65. The average Bonchev–Trinajstić information content (AvgIpc) is 2.73. The Kier molecular flexibility index (Phi) is 6.60. The second-order valence-electron chi connectivity index (χ2n) is 8.63. The Balaban J connectivity index is 1.65. The minimum absolute atomic E-state index is 0.0681. The molecule has 0 bridgehead atoms. The Morgan fingerprint density at radius 1 is 1.34 bits per heavy atom. The molecule has 0 amide bonds. The minimum atomic E-state index is -0.933. The molecule has 5 nitrogen and oxygen atoms in total. The number of esters is 1. The third-order valence-electron chi connectivity index (χ3n) is 6.74. The van der Waals surface area contributed by atoms with E-state index in [1.807, 2.05) is 6.92 Å². The van der Waals surface area contributed by atoms with E-state index >= 15 is 0 Å². The normalized spacial score (nSPS) is 25.2. The van der Waals surface area contributed by atoms with Crippen molar-refractivity contribution in [1.29, 1.82) is 0 Å². The van der Waals surface area contributed by atoms with Gasteiger partial charge in [-0.15, -0.1) is 0 Å². The van der Waals surface area contributed by atoms with Crippen molar-refractivity contribution >= 4 is 33.5 Å². The number of likely N-dealkylation sites (tertiary alicyclic amines) is 1. The van der Waals surface area contributed by atoms with Crippen molar-refractivity contribution in [2.24, 2.45) is 5.41 Å². The van der Waals surface area contributed by atoms with Crippen LogP contribution in [-0.4, -0.2) is 48.8 Å². The van der Waals surface area contributed by atoms with Crippen LogP contribution in [0.25, 0.3) is 0 Å². The molecule has 1 aromatic heterocycles. The van der Waals surface area contributed by atoms with Crippen LogP contribution in [0.15, 0.2) is 34.9 Å². The molecule has 2 unspecified atom stereocenters. The van der Waals surface area contributed by atoms with Crippen molar-refractivity contribution in [2.75, 3.05) is 26.9 Å². The number of halogens is 4. The molecule has 2 aromatic rings. The summed E-state index contributed by atoms with van der Waals surface area (Å²) in [5.74, 6) is -1.30. The minimum Gasteiger partial charge on any atom is -0.469 e. The highest BCUT2D eigenvalue weighted by molar-refractivity contribution is 9.10. The Hall–Kier alpha value is -1.61. The summed E-state index contributed by atoms with van der Waals surface area (Å²) >= 11 is 9.33. The summed E-state index contributed by atoms with van der Waals surface area (Å²) in [4.78, 5) is 19.4. The molecule has 0 saturated carbocycles. The van der Waals surface area contributed by atoms with Gasteiger partial charge >= 0.3 is 5.97 Å². The Morgan fingerprint density at radius 3 is 2.72 bits per heavy atom. The van der Waals surface area contributed by atoms with Crippen LogP contribution in [0.1, 0.15) is 31.0 Å². The van der Waals surface area contributed by atoms with E-state index in [0.29, 0.717) is 42.8 Å². The van der Waals surface area contributed by atoms with Gasteiger partial charge in [0.2, 0.25) is 0 Å². The van der Waals surface area contributed by atoms with Gasteiger partial charge in [-0.3, -0.25) is 9.69 Å². The molecule has 172 valence electrons. The van der Waals surface area contributed by atoms with Gasteiger partial charge < -0.3 is 9.47 Å². The molecule has 32 heavy (non-hydrogen) atoms. The first kappa shape index (κ1) is 23.5. The van der Waals surface area contributed by atoms with Crippen LogP contribution in [0.4, 0.5) is 8.78 Å². The summed E-state index contributed by atoms with van der Waals surface area (Å²) in [6.45, 7) is 3.15. The molecule has 3 heterocycles. The number of ether oxygens (including phenoxy) is 2. The summed E-state index contributed by atoms with van der Waals surface area (Å²) in [5, 5.41) is 0.0681. The fraction of sp³-hybridized carbons (Fsp3) is 0.478. The van der Waals surface area contributed by atoms with Crippen LogP contribution in [0.2, 0.25) is 5.02 Å². The maximum Gasteiger partial charge on any atom is 0.312 e. The molecule has 2 atom stereocenters. The zero-order chi connectivity index (χ0) is 23.1. The van der Waals surface area contributed by atoms with Crippen molar-refractivity contribution in [3.63, 3.8) is 0 Å². The highest BCUT2D eigenvalue weighted by Gasteiger charge is 2.54. The van der Waals surface area contributed by atoms with Gasteiger partial charge in [-0.2, -0.15) is 0 Å². The summed E-state index contributed by atoms with van der Waals surface area (Å²) in [5.41, 5.74) is -0.880. The average molecular weight is 530 g/mol. The van der Waals surface area contributed by atoms with E-state index < -0.39 is 28.6 Å².